The molecule has 0 aromatic heterocycles. The van der Waals surface area contributed by atoms with Crippen molar-refractivity contribution in [2.75, 3.05) is 26.0 Å². The molecule has 0 saturated heterocycles. The molecule has 1 aromatic rings. The molecule has 0 fully saturated rings. The van der Waals surface area contributed by atoms with Crippen LogP contribution in [0.4, 0.5) is 0 Å². The Balaban J connectivity index is 2.23. The Labute approximate surface area is 112 Å². The van der Waals surface area contributed by atoms with Gasteiger partial charge in [0, 0.05) is 13.6 Å². The number of alkyl halides is 1. The topological polar surface area (TPSA) is 49.4 Å². The van der Waals surface area contributed by atoms with Gasteiger partial charge < -0.3 is 10.2 Å². The summed E-state index contributed by atoms with van der Waals surface area (Å²) in [6.45, 7) is 0.603. The molecule has 0 atom stereocenters. The Kier molecular flexibility index (Phi) is 6.22. The fourth-order valence-electron chi connectivity index (χ4n) is 1.45. The summed E-state index contributed by atoms with van der Waals surface area (Å²) in [6, 6.07) is 9.90. The maximum atomic E-state index is 11.5. The normalized spacial score (nSPS) is 9.89. The van der Waals surface area contributed by atoms with E-state index in [1.807, 2.05) is 30.3 Å². The van der Waals surface area contributed by atoms with Gasteiger partial charge in [-0.15, -0.1) is 11.6 Å². The predicted molar refractivity (Wildman–Crippen MR) is 71.5 cm³/mol. The lowest BCUT2D eigenvalue weighted by atomic mass is 10.1. The third-order valence-corrected chi connectivity index (χ3v) is 2.73. The second-order valence-corrected chi connectivity index (χ2v) is 4.24. The van der Waals surface area contributed by atoms with E-state index in [9.17, 15) is 9.59 Å². The van der Waals surface area contributed by atoms with Gasteiger partial charge in [-0.2, -0.15) is 0 Å². The van der Waals surface area contributed by atoms with Crippen molar-refractivity contribution in [1.29, 1.82) is 0 Å². The van der Waals surface area contributed by atoms with Crippen LogP contribution in [0.2, 0.25) is 0 Å². The second-order valence-electron chi connectivity index (χ2n) is 3.97. The van der Waals surface area contributed by atoms with Crippen LogP contribution >= 0.6 is 11.6 Å². The summed E-state index contributed by atoms with van der Waals surface area (Å²) in [5, 5.41) is 2.77. The van der Waals surface area contributed by atoms with E-state index in [0.717, 1.165) is 6.42 Å². The van der Waals surface area contributed by atoms with Gasteiger partial charge in [0.05, 0.1) is 6.54 Å². The first-order valence-corrected chi connectivity index (χ1v) is 6.27. The lowest BCUT2D eigenvalue weighted by Gasteiger charge is -2.15. The van der Waals surface area contributed by atoms with Gasteiger partial charge in [-0.3, -0.25) is 9.59 Å². The quantitative estimate of drug-likeness (QED) is 0.784. The molecule has 0 saturated carbocycles. The van der Waals surface area contributed by atoms with Gasteiger partial charge in [-0.05, 0) is 12.0 Å². The third-order valence-electron chi connectivity index (χ3n) is 2.50. The zero-order valence-electron chi connectivity index (χ0n) is 10.4. The van der Waals surface area contributed by atoms with Crippen molar-refractivity contribution in [2.24, 2.45) is 0 Å². The number of amides is 2. The Bertz CT molecular complexity index is 395. The summed E-state index contributed by atoms with van der Waals surface area (Å²) < 4.78 is 0. The van der Waals surface area contributed by atoms with Crippen molar-refractivity contribution in [1.82, 2.24) is 10.2 Å². The molecule has 0 aliphatic rings. The van der Waals surface area contributed by atoms with Gasteiger partial charge in [0.25, 0.3) is 0 Å². The molecular weight excluding hydrogens is 252 g/mol. The van der Waals surface area contributed by atoms with Crippen molar-refractivity contribution in [3.05, 3.63) is 35.9 Å². The predicted octanol–water partition coefficient (Wildman–Crippen LogP) is 1.04. The highest BCUT2D eigenvalue weighted by Crippen LogP contribution is 1.98. The van der Waals surface area contributed by atoms with Gasteiger partial charge in [-0.25, -0.2) is 0 Å². The first kappa shape index (κ1) is 14.5. The second kappa shape index (κ2) is 7.71. The number of halogens is 1. The van der Waals surface area contributed by atoms with Crippen molar-refractivity contribution in [3.8, 4) is 0 Å². The van der Waals surface area contributed by atoms with E-state index in [0.29, 0.717) is 6.54 Å². The van der Waals surface area contributed by atoms with E-state index < -0.39 is 0 Å². The van der Waals surface area contributed by atoms with Crippen molar-refractivity contribution in [2.45, 2.75) is 6.42 Å². The number of carbonyl (C=O) groups excluding carboxylic acids is 2. The first-order chi connectivity index (χ1) is 8.63. The Hall–Kier alpha value is -1.55. The van der Waals surface area contributed by atoms with Gasteiger partial charge in [0.2, 0.25) is 11.8 Å². The van der Waals surface area contributed by atoms with Crippen LogP contribution in [0, 0.1) is 0 Å². The zero-order chi connectivity index (χ0) is 13.4. The van der Waals surface area contributed by atoms with E-state index in [1.54, 1.807) is 7.05 Å². The third kappa shape index (κ3) is 5.19. The van der Waals surface area contributed by atoms with Crippen LogP contribution < -0.4 is 5.32 Å². The average Bonchev–Trinajstić information content (AvgIpc) is 2.38. The fraction of sp³-hybridized carbons (Fsp3) is 0.385. The molecule has 0 heterocycles. The fourth-order valence-corrected chi connectivity index (χ4v) is 1.66. The van der Waals surface area contributed by atoms with Crippen LogP contribution in [0.15, 0.2) is 30.3 Å². The molecule has 0 aliphatic heterocycles. The molecule has 0 spiro atoms. The van der Waals surface area contributed by atoms with Gasteiger partial charge in [0.1, 0.15) is 5.88 Å². The van der Waals surface area contributed by atoms with E-state index >= 15 is 0 Å². The molecule has 0 aliphatic carbocycles. The SMILES string of the molecule is CN(CC(=O)NCCc1ccccc1)C(=O)CCl. The molecule has 98 valence electrons. The summed E-state index contributed by atoms with van der Waals surface area (Å²) in [6.07, 6.45) is 0.778. The molecule has 1 aromatic carbocycles. The molecule has 2 amide bonds. The van der Waals surface area contributed by atoms with Crippen LogP contribution in [0.3, 0.4) is 0 Å². The molecule has 0 bridgehead atoms. The van der Waals surface area contributed by atoms with Crippen LogP contribution in [0.25, 0.3) is 0 Å². The molecule has 4 nitrogen and oxygen atoms in total. The average molecular weight is 269 g/mol. The zero-order valence-corrected chi connectivity index (χ0v) is 11.1. The maximum absolute atomic E-state index is 11.5. The number of carbonyl (C=O) groups is 2. The van der Waals surface area contributed by atoms with Crippen LogP contribution in [-0.2, 0) is 16.0 Å². The van der Waals surface area contributed by atoms with Crippen LogP contribution in [0.5, 0.6) is 0 Å². The number of hydrogen-bond donors (Lipinski definition) is 1. The Morgan fingerprint density at radius 1 is 1.28 bits per heavy atom. The Morgan fingerprint density at radius 2 is 1.94 bits per heavy atom. The standard InChI is InChI=1S/C13H17ClN2O2/c1-16(13(18)9-14)10-12(17)15-8-7-11-5-3-2-4-6-11/h2-6H,7-10H2,1H3,(H,15,17). The van der Waals surface area contributed by atoms with Crippen LogP contribution in [0.1, 0.15) is 5.56 Å². The molecule has 0 radical (unpaired) electrons. The highest BCUT2D eigenvalue weighted by atomic mass is 35.5. The molecule has 0 unspecified atom stereocenters. The lowest BCUT2D eigenvalue weighted by Crippen LogP contribution is -2.39. The monoisotopic (exact) mass is 268 g/mol. The number of likely N-dealkylation sites (N-methyl/N-ethyl adjacent to an activating group) is 1. The number of rotatable bonds is 6. The van der Waals surface area contributed by atoms with Crippen molar-refractivity contribution < 1.29 is 9.59 Å². The van der Waals surface area contributed by atoms with E-state index in [-0.39, 0.29) is 24.2 Å². The number of nitrogens with zero attached hydrogens (tertiary/aromatic N) is 1. The summed E-state index contributed by atoms with van der Waals surface area (Å²) in [4.78, 5) is 24.0. The number of benzene rings is 1. The molecule has 18 heavy (non-hydrogen) atoms. The van der Waals surface area contributed by atoms with Gasteiger partial charge in [-0.1, -0.05) is 30.3 Å². The molecule has 5 heteroatoms. The minimum absolute atomic E-state index is 0.0420. The minimum atomic E-state index is -0.255. The summed E-state index contributed by atoms with van der Waals surface area (Å²) in [5.41, 5.74) is 1.17. The van der Waals surface area contributed by atoms with E-state index in [1.165, 1.54) is 10.5 Å². The summed E-state index contributed by atoms with van der Waals surface area (Å²) >= 11 is 5.39. The molecule has 1 N–H and O–H groups in total. The van der Waals surface area contributed by atoms with Crippen molar-refractivity contribution >= 4 is 23.4 Å². The lowest BCUT2D eigenvalue weighted by molar-refractivity contribution is -0.132. The summed E-state index contributed by atoms with van der Waals surface area (Å²) in [5.74, 6) is -0.532. The highest BCUT2D eigenvalue weighted by molar-refractivity contribution is 6.27. The largest absolute Gasteiger partial charge is 0.354 e. The highest BCUT2D eigenvalue weighted by Gasteiger charge is 2.10. The number of nitrogens with one attached hydrogen (secondary N) is 1. The minimum Gasteiger partial charge on any atom is -0.354 e. The first-order valence-electron chi connectivity index (χ1n) is 5.74. The molecular formula is C13H17ClN2O2. The van der Waals surface area contributed by atoms with Gasteiger partial charge >= 0.3 is 0 Å². The van der Waals surface area contributed by atoms with Crippen LogP contribution in [-0.4, -0.2) is 42.7 Å². The molecule has 1 rings (SSSR count). The maximum Gasteiger partial charge on any atom is 0.239 e. The van der Waals surface area contributed by atoms with Crippen molar-refractivity contribution in [3.63, 3.8) is 0 Å². The van der Waals surface area contributed by atoms with E-state index in [2.05, 4.69) is 5.32 Å². The van der Waals surface area contributed by atoms with E-state index in [4.69, 9.17) is 11.6 Å². The van der Waals surface area contributed by atoms with Gasteiger partial charge in [0.15, 0.2) is 0 Å². The summed E-state index contributed by atoms with van der Waals surface area (Å²) in [7, 11) is 1.56. The smallest absolute Gasteiger partial charge is 0.239 e. The number of hydrogen-bond acceptors (Lipinski definition) is 2. The Morgan fingerprint density at radius 3 is 2.56 bits per heavy atom.